The molecule has 1 aromatic rings. The number of morpholine rings is 1. The van der Waals surface area contributed by atoms with Crippen LogP contribution in [0.25, 0.3) is 0 Å². The zero-order valence-electron chi connectivity index (χ0n) is 16.6. The first-order chi connectivity index (χ1) is 13.9. The monoisotopic (exact) mass is 451 g/mol. The van der Waals surface area contributed by atoms with Crippen molar-refractivity contribution in [2.45, 2.75) is 24.6 Å². The Hall–Kier alpha value is -2.18. The van der Waals surface area contributed by atoms with E-state index >= 15 is 0 Å². The molecule has 2 aliphatic rings. The lowest BCUT2D eigenvalue weighted by Gasteiger charge is -2.46. The lowest BCUT2D eigenvalue weighted by atomic mass is 9.89. The molecule has 0 bridgehead atoms. The third-order valence-corrected chi connectivity index (χ3v) is 5.46. The predicted molar refractivity (Wildman–Crippen MR) is 103 cm³/mol. The Morgan fingerprint density at radius 2 is 1.90 bits per heavy atom. The van der Waals surface area contributed by atoms with E-state index in [-0.39, 0.29) is 24.0 Å². The number of halogens is 3. The number of alkyl halides is 3. The van der Waals surface area contributed by atoms with Gasteiger partial charge in [0.2, 0.25) is 5.91 Å². The zero-order chi connectivity index (χ0) is 22.5. The van der Waals surface area contributed by atoms with E-state index in [1.54, 1.807) is 11.3 Å². The average molecular weight is 451 g/mol. The highest BCUT2D eigenvalue weighted by Crippen LogP contribution is 2.33. The van der Waals surface area contributed by atoms with Crippen LogP contribution in [0, 0.1) is 0 Å². The summed E-state index contributed by atoms with van der Waals surface area (Å²) >= 11 is 1.59. The minimum absolute atomic E-state index is 0.0140. The number of carbonyl (C=O) groups is 3. The second-order valence-corrected chi connectivity index (χ2v) is 8.13. The van der Waals surface area contributed by atoms with E-state index in [9.17, 15) is 22.8 Å². The number of thiophene rings is 1. The van der Waals surface area contributed by atoms with Crippen molar-refractivity contribution in [3.05, 3.63) is 16.8 Å². The summed E-state index contributed by atoms with van der Waals surface area (Å²) in [4.78, 5) is 38.8. The van der Waals surface area contributed by atoms with Crippen LogP contribution in [-0.4, -0.2) is 91.3 Å². The van der Waals surface area contributed by atoms with E-state index < -0.39 is 12.1 Å². The standard InChI is InChI=1S/C16H23N3O3S.C2HF3O2/c1-17(2)9-14(20)18-6-4-16(5-7-18)12-19(15(21)10-22-16)13-3-8-23-11-13;3-2(4,5)1(6)7/h3,8,11H,4-7,9-10,12H2,1-2H3;(H,6,7). The number of anilines is 1. The third kappa shape index (κ3) is 6.41. The number of likely N-dealkylation sites (tertiary alicyclic amines) is 1. The molecule has 168 valence electrons. The molecule has 3 rings (SSSR count). The maximum Gasteiger partial charge on any atom is 0.490 e. The number of amides is 2. The predicted octanol–water partition coefficient (Wildman–Crippen LogP) is 1.67. The number of carbonyl (C=O) groups excluding carboxylic acids is 2. The lowest BCUT2D eigenvalue weighted by Crippen LogP contribution is -2.59. The molecule has 0 aromatic carbocycles. The van der Waals surface area contributed by atoms with Gasteiger partial charge >= 0.3 is 12.1 Å². The lowest BCUT2D eigenvalue weighted by molar-refractivity contribution is -0.192. The summed E-state index contributed by atoms with van der Waals surface area (Å²) in [6, 6.07) is 1.97. The van der Waals surface area contributed by atoms with Crippen LogP contribution in [0.2, 0.25) is 0 Å². The molecule has 2 aliphatic heterocycles. The Morgan fingerprint density at radius 3 is 2.37 bits per heavy atom. The molecular weight excluding hydrogens is 427 g/mol. The first-order valence-electron chi connectivity index (χ1n) is 9.13. The fourth-order valence-electron chi connectivity index (χ4n) is 3.20. The van der Waals surface area contributed by atoms with Crippen molar-refractivity contribution in [3.63, 3.8) is 0 Å². The molecule has 1 spiro atoms. The number of hydrogen-bond acceptors (Lipinski definition) is 6. The van der Waals surface area contributed by atoms with Crippen LogP contribution in [0.5, 0.6) is 0 Å². The van der Waals surface area contributed by atoms with Crippen LogP contribution in [-0.2, 0) is 19.1 Å². The van der Waals surface area contributed by atoms with Crippen molar-refractivity contribution in [1.29, 1.82) is 0 Å². The van der Waals surface area contributed by atoms with Gasteiger partial charge in [0.05, 0.1) is 24.4 Å². The molecule has 3 heterocycles. The van der Waals surface area contributed by atoms with Gasteiger partial charge in [-0.05, 0) is 38.4 Å². The minimum atomic E-state index is -5.08. The van der Waals surface area contributed by atoms with Crippen molar-refractivity contribution in [3.8, 4) is 0 Å². The van der Waals surface area contributed by atoms with Crippen LogP contribution < -0.4 is 4.90 Å². The molecule has 2 saturated heterocycles. The number of piperidine rings is 1. The number of carboxylic acids is 1. The summed E-state index contributed by atoms with van der Waals surface area (Å²) in [7, 11) is 3.80. The van der Waals surface area contributed by atoms with Crippen LogP contribution in [0.4, 0.5) is 18.9 Å². The number of nitrogens with zero attached hydrogens (tertiary/aromatic N) is 3. The summed E-state index contributed by atoms with van der Waals surface area (Å²) in [5, 5.41) is 11.1. The largest absolute Gasteiger partial charge is 0.490 e. The number of carboxylic acid groups (broad SMARTS) is 1. The molecular formula is C18H24F3N3O5S. The van der Waals surface area contributed by atoms with Gasteiger partial charge in [-0.2, -0.15) is 24.5 Å². The molecule has 12 heteroatoms. The number of ether oxygens (including phenoxy) is 1. The summed E-state index contributed by atoms with van der Waals surface area (Å²) in [5.74, 6) is -2.58. The van der Waals surface area contributed by atoms with Crippen molar-refractivity contribution in [1.82, 2.24) is 9.80 Å². The molecule has 0 unspecified atom stereocenters. The number of aliphatic carboxylic acids is 1. The first kappa shape index (κ1) is 24.1. The van der Waals surface area contributed by atoms with E-state index in [1.165, 1.54) is 0 Å². The van der Waals surface area contributed by atoms with Gasteiger partial charge < -0.3 is 24.5 Å². The summed E-state index contributed by atoms with van der Waals surface area (Å²) in [5.41, 5.74) is 0.638. The molecule has 2 fully saturated rings. The van der Waals surface area contributed by atoms with E-state index in [2.05, 4.69) is 0 Å². The number of hydrogen-bond donors (Lipinski definition) is 1. The van der Waals surface area contributed by atoms with E-state index in [4.69, 9.17) is 14.6 Å². The fourth-order valence-corrected chi connectivity index (χ4v) is 3.84. The van der Waals surface area contributed by atoms with Crippen molar-refractivity contribution >= 4 is 34.8 Å². The zero-order valence-corrected chi connectivity index (χ0v) is 17.5. The number of rotatable bonds is 3. The van der Waals surface area contributed by atoms with Crippen molar-refractivity contribution in [2.24, 2.45) is 0 Å². The second-order valence-electron chi connectivity index (χ2n) is 7.35. The maximum absolute atomic E-state index is 12.2. The Bertz CT molecular complexity index is 747. The maximum atomic E-state index is 12.2. The molecule has 8 nitrogen and oxygen atoms in total. The van der Waals surface area contributed by atoms with Gasteiger partial charge in [0, 0.05) is 18.5 Å². The normalized spacial score (nSPS) is 18.9. The molecule has 2 amide bonds. The summed E-state index contributed by atoms with van der Waals surface area (Å²) in [6.45, 7) is 2.53. The highest BCUT2D eigenvalue weighted by Gasteiger charge is 2.43. The highest BCUT2D eigenvalue weighted by atomic mass is 32.1. The van der Waals surface area contributed by atoms with Gasteiger partial charge in [0.15, 0.2) is 0 Å². The quantitative estimate of drug-likeness (QED) is 0.752. The average Bonchev–Trinajstić information content (AvgIpc) is 3.18. The van der Waals surface area contributed by atoms with Crippen LogP contribution in [0.1, 0.15) is 12.8 Å². The van der Waals surface area contributed by atoms with E-state index in [0.29, 0.717) is 26.2 Å². The third-order valence-electron chi connectivity index (χ3n) is 4.79. The van der Waals surface area contributed by atoms with Crippen LogP contribution >= 0.6 is 11.3 Å². The number of likely N-dealkylation sites (N-methyl/N-ethyl adjacent to an activating group) is 1. The minimum Gasteiger partial charge on any atom is -0.475 e. The van der Waals surface area contributed by atoms with Crippen LogP contribution in [0.15, 0.2) is 16.8 Å². The van der Waals surface area contributed by atoms with Crippen molar-refractivity contribution in [2.75, 3.05) is 51.8 Å². The molecule has 1 aromatic heterocycles. The SMILES string of the molecule is CN(C)CC(=O)N1CCC2(CC1)CN(c1ccsc1)C(=O)CO2.O=C(O)C(F)(F)F. The molecule has 1 N–H and O–H groups in total. The van der Waals surface area contributed by atoms with E-state index in [0.717, 1.165) is 18.5 Å². The Morgan fingerprint density at radius 1 is 1.30 bits per heavy atom. The smallest absolute Gasteiger partial charge is 0.475 e. The highest BCUT2D eigenvalue weighted by molar-refractivity contribution is 7.08. The van der Waals surface area contributed by atoms with Gasteiger partial charge in [0.25, 0.3) is 5.91 Å². The van der Waals surface area contributed by atoms with Gasteiger partial charge in [-0.3, -0.25) is 9.59 Å². The van der Waals surface area contributed by atoms with Gasteiger partial charge in [-0.25, -0.2) is 4.79 Å². The van der Waals surface area contributed by atoms with Gasteiger partial charge in [-0.15, -0.1) is 0 Å². The van der Waals surface area contributed by atoms with Crippen LogP contribution in [0.3, 0.4) is 0 Å². The Balaban J connectivity index is 0.000000396. The summed E-state index contributed by atoms with van der Waals surface area (Å²) < 4.78 is 37.7. The van der Waals surface area contributed by atoms with Gasteiger partial charge in [-0.1, -0.05) is 0 Å². The molecule has 0 aliphatic carbocycles. The fraction of sp³-hybridized carbons (Fsp3) is 0.611. The van der Waals surface area contributed by atoms with Crippen molar-refractivity contribution < 1.29 is 37.4 Å². The second kappa shape index (κ2) is 9.75. The Labute approximate surface area is 175 Å². The van der Waals surface area contributed by atoms with Gasteiger partial charge in [0.1, 0.15) is 6.61 Å². The molecule has 30 heavy (non-hydrogen) atoms. The van der Waals surface area contributed by atoms with E-state index in [1.807, 2.05) is 45.6 Å². The summed E-state index contributed by atoms with van der Waals surface area (Å²) in [6.07, 6.45) is -3.53. The molecule has 0 radical (unpaired) electrons. The Kier molecular flexibility index (Phi) is 7.83. The topological polar surface area (TPSA) is 90.4 Å². The molecule has 0 atom stereocenters. The molecule has 0 saturated carbocycles. The first-order valence-corrected chi connectivity index (χ1v) is 10.1.